The molecule has 98 valence electrons. The minimum Gasteiger partial charge on any atom is -0.316 e. The van der Waals surface area contributed by atoms with Crippen molar-refractivity contribution < 1.29 is 0 Å². The summed E-state index contributed by atoms with van der Waals surface area (Å²) in [6.45, 7) is 5.08. The maximum atomic E-state index is 12.2. The first kappa shape index (κ1) is 11.9. The molecule has 18 heavy (non-hydrogen) atoms. The summed E-state index contributed by atoms with van der Waals surface area (Å²) in [5, 5.41) is 3.40. The third-order valence-electron chi connectivity index (χ3n) is 4.23. The maximum absolute atomic E-state index is 12.2. The Morgan fingerprint density at radius 3 is 3.06 bits per heavy atom. The van der Waals surface area contributed by atoms with Crippen LogP contribution in [0.15, 0.2) is 10.9 Å². The van der Waals surface area contributed by atoms with Crippen LogP contribution in [0, 0.1) is 0 Å². The average Bonchev–Trinajstić information content (AvgIpc) is 2.41. The van der Waals surface area contributed by atoms with E-state index in [2.05, 4.69) is 12.2 Å². The van der Waals surface area contributed by atoms with Crippen LogP contribution in [-0.2, 0) is 6.54 Å². The highest BCUT2D eigenvalue weighted by molar-refractivity contribution is 5.14. The highest BCUT2D eigenvalue weighted by Crippen LogP contribution is 2.26. The van der Waals surface area contributed by atoms with Crippen molar-refractivity contribution >= 4 is 0 Å². The molecule has 0 aliphatic carbocycles. The minimum atomic E-state index is 0.145. The minimum absolute atomic E-state index is 0.145. The summed E-state index contributed by atoms with van der Waals surface area (Å²) < 4.78 is 1.87. The summed E-state index contributed by atoms with van der Waals surface area (Å²) in [7, 11) is 0. The predicted octanol–water partition coefficient (Wildman–Crippen LogP) is 1.61. The second kappa shape index (κ2) is 4.84. The first-order chi connectivity index (χ1) is 8.75. The van der Waals surface area contributed by atoms with Gasteiger partial charge >= 0.3 is 0 Å². The van der Waals surface area contributed by atoms with E-state index in [-0.39, 0.29) is 5.56 Å². The Hall–Kier alpha value is -1.16. The number of hydrogen-bond donors (Lipinski definition) is 1. The normalized spacial score (nSPS) is 27.8. The zero-order valence-corrected chi connectivity index (χ0v) is 11.0. The summed E-state index contributed by atoms with van der Waals surface area (Å²) in [4.78, 5) is 17.0. The lowest BCUT2D eigenvalue weighted by molar-refractivity contribution is 0.420. The van der Waals surface area contributed by atoms with E-state index in [1.807, 2.05) is 4.57 Å². The van der Waals surface area contributed by atoms with Gasteiger partial charge in [-0.25, -0.2) is 4.98 Å². The Balaban J connectivity index is 1.99. The van der Waals surface area contributed by atoms with Crippen molar-refractivity contribution in [3.63, 3.8) is 0 Å². The van der Waals surface area contributed by atoms with Crippen molar-refractivity contribution in [1.29, 1.82) is 0 Å². The molecule has 2 atom stereocenters. The van der Waals surface area contributed by atoms with Gasteiger partial charge in [0.05, 0.1) is 5.69 Å². The SMILES string of the molecule is CC1CCCn2c1nc(C1CCCNC1)cc2=O. The second-order valence-corrected chi connectivity index (χ2v) is 5.62. The van der Waals surface area contributed by atoms with Gasteiger partial charge in [0.15, 0.2) is 0 Å². The summed E-state index contributed by atoms with van der Waals surface area (Å²) in [6, 6.07) is 1.76. The van der Waals surface area contributed by atoms with E-state index < -0.39 is 0 Å². The first-order valence-corrected chi connectivity index (χ1v) is 7.08. The quantitative estimate of drug-likeness (QED) is 0.820. The molecule has 1 saturated heterocycles. The number of nitrogens with zero attached hydrogens (tertiary/aromatic N) is 2. The number of hydrogen-bond acceptors (Lipinski definition) is 3. The number of piperidine rings is 1. The van der Waals surface area contributed by atoms with E-state index >= 15 is 0 Å². The maximum Gasteiger partial charge on any atom is 0.253 e. The fraction of sp³-hybridized carbons (Fsp3) is 0.714. The van der Waals surface area contributed by atoms with Crippen molar-refractivity contribution in [2.24, 2.45) is 0 Å². The molecule has 0 aromatic carbocycles. The monoisotopic (exact) mass is 247 g/mol. The van der Waals surface area contributed by atoms with Gasteiger partial charge in [0.1, 0.15) is 5.82 Å². The smallest absolute Gasteiger partial charge is 0.253 e. The van der Waals surface area contributed by atoms with Gasteiger partial charge in [-0.2, -0.15) is 0 Å². The lowest BCUT2D eigenvalue weighted by atomic mass is 9.94. The Bertz CT molecular complexity index is 488. The molecule has 2 unspecified atom stereocenters. The largest absolute Gasteiger partial charge is 0.316 e. The van der Waals surface area contributed by atoms with Gasteiger partial charge in [-0.3, -0.25) is 9.36 Å². The molecule has 0 bridgehead atoms. The van der Waals surface area contributed by atoms with Crippen molar-refractivity contribution in [2.45, 2.75) is 51.0 Å². The van der Waals surface area contributed by atoms with Crippen LogP contribution in [0.3, 0.4) is 0 Å². The average molecular weight is 247 g/mol. The van der Waals surface area contributed by atoms with Crippen LogP contribution in [0.2, 0.25) is 0 Å². The van der Waals surface area contributed by atoms with Gasteiger partial charge in [-0.1, -0.05) is 6.92 Å². The lowest BCUT2D eigenvalue weighted by Gasteiger charge is -2.27. The van der Waals surface area contributed by atoms with E-state index in [0.29, 0.717) is 11.8 Å². The van der Waals surface area contributed by atoms with Crippen molar-refractivity contribution in [1.82, 2.24) is 14.9 Å². The molecule has 0 radical (unpaired) electrons. The molecule has 4 heteroatoms. The van der Waals surface area contributed by atoms with Crippen LogP contribution in [0.5, 0.6) is 0 Å². The zero-order chi connectivity index (χ0) is 12.5. The van der Waals surface area contributed by atoms with E-state index in [0.717, 1.165) is 50.4 Å². The van der Waals surface area contributed by atoms with Crippen molar-refractivity contribution in [2.75, 3.05) is 13.1 Å². The Morgan fingerprint density at radius 1 is 1.39 bits per heavy atom. The molecule has 1 aromatic heterocycles. The molecule has 1 fully saturated rings. The molecule has 3 heterocycles. The van der Waals surface area contributed by atoms with Crippen LogP contribution < -0.4 is 10.9 Å². The van der Waals surface area contributed by atoms with E-state index in [1.54, 1.807) is 6.07 Å². The molecular formula is C14H21N3O. The Morgan fingerprint density at radius 2 is 2.28 bits per heavy atom. The van der Waals surface area contributed by atoms with Gasteiger partial charge < -0.3 is 5.32 Å². The van der Waals surface area contributed by atoms with Crippen LogP contribution in [0.25, 0.3) is 0 Å². The molecule has 0 spiro atoms. The van der Waals surface area contributed by atoms with Crippen LogP contribution >= 0.6 is 0 Å². The topological polar surface area (TPSA) is 46.9 Å². The van der Waals surface area contributed by atoms with Gasteiger partial charge in [-0.15, -0.1) is 0 Å². The predicted molar refractivity (Wildman–Crippen MR) is 71.0 cm³/mol. The molecule has 0 amide bonds. The lowest BCUT2D eigenvalue weighted by Crippen LogP contribution is -2.33. The molecule has 4 nitrogen and oxygen atoms in total. The number of rotatable bonds is 1. The third-order valence-corrected chi connectivity index (χ3v) is 4.23. The van der Waals surface area contributed by atoms with Crippen LogP contribution in [0.4, 0.5) is 0 Å². The van der Waals surface area contributed by atoms with E-state index in [9.17, 15) is 4.79 Å². The molecule has 1 aromatic rings. The first-order valence-electron chi connectivity index (χ1n) is 7.08. The highest BCUT2D eigenvalue weighted by Gasteiger charge is 2.23. The summed E-state index contributed by atoms with van der Waals surface area (Å²) >= 11 is 0. The highest BCUT2D eigenvalue weighted by atomic mass is 16.1. The van der Waals surface area contributed by atoms with Crippen molar-refractivity contribution in [3.8, 4) is 0 Å². The van der Waals surface area contributed by atoms with Crippen molar-refractivity contribution in [3.05, 3.63) is 27.9 Å². The van der Waals surface area contributed by atoms with E-state index in [4.69, 9.17) is 4.98 Å². The summed E-state index contributed by atoms with van der Waals surface area (Å²) in [6.07, 6.45) is 4.58. The van der Waals surface area contributed by atoms with Gasteiger partial charge in [0, 0.05) is 31.0 Å². The third kappa shape index (κ3) is 2.09. The molecule has 1 N–H and O–H groups in total. The van der Waals surface area contributed by atoms with Gasteiger partial charge in [0.25, 0.3) is 5.56 Å². The van der Waals surface area contributed by atoms with Crippen LogP contribution in [-0.4, -0.2) is 22.6 Å². The fourth-order valence-corrected chi connectivity index (χ4v) is 3.14. The summed E-state index contributed by atoms with van der Waals surface area (Å²) in [5.74, 6) is 1.85. The fourth-order valence-electron chi connectivity index (χ4n) is 3.14. The number of aromatic nitrogens is 2. The number of nitrogens with one attached hydrogen (secondary N) is 1. The van der Waals surface area contributed by atoms with Gasteiger partial charge in [-0.05, 0) is 32.2 Å². The molecule has 2 aliphatic heterocycles. The summed E-state index contributed by atoms with van der Waals surface area (Å²) in [5.41, 5.74) is 1.15. The molecule has 2 aliphatic rings. The van der Waals surface area contributed by atoms with Gasteiger partial charge in [0.2, 0.25) is 0 Å². The Labute approximate surface area is 107 Å². The number of fused-ring (bicyclic) bond motifs is 1. The Kier molecular flexibility index (Phi) is 3.20. The van der Waals surface area contributed by atoms with Crippen LogP contribution in [0.1, 0.15) is 56.0 Å². The molecule has 0 saturated carbocycles. The van der Waals surface area contributed by atoms with E-state index in [1.165, 1.54) is 6.42 Å². The standard InChI is InChI=1S/C14H21N3O/c1-10-4-3-7-17-13(18)8-12(16-14(10)17)11-5-2-6-15-9-11/h8,10-11,15H,2-7,9H2,1H3. The molecular weight excluding hydrogens is 226 g/mol. The second-order valence-electron chi connectivity index (χ2n) is 5.62. The molecule has 3 rings (SSSR count). The zero-order valence-electron chi connectivity index (χ0n) is 11.0.